The molecular weight excluding hydrogens is 357 g/mol. The number of rotatable bonds is 6. The molecule has 3 rings (SSSR count). The molecule has 0 aliphatic heterocycles. The zero-order valence-electron chi connectivity index (χ0n) is 15.0. The van der Waals surface area contributed by atoms with E-state index in [1.807, 2.05) is 48.5 Å². The molecule has 0 spiro atoms. The quantitative estimate of drug-likeness (QED) is 0.502. The molecule has 0 heterocycles. The number of anilines is 1. The topological polar surface area (TPSA) is 55.4 Å². The molecule has 4 nitrogen and oxygen atoms in total. The average Bonchev–Trinajstić information content (AvgIpc) is 2.73. The Labute approximate surface area is 162 Å². The first-order chi connectivity index (χ1) is 13.6. The molecule has 0 bridgehead atoms. The van der Waals surface area contributed by atoms with Gasteiger partial charge in [0.05, 0.1) is 0 Å². The number of halogens is 1. The lowest BCUT2D eigenvalue weighted by molar-refractivity contribution is -0.142. The number of para-hydroxylation sites is 1. The number of benzene rings is 3. The lowest BCUT2D eigenvalue weighted by Crippen LogP contribution is -2.20. The molecule has 0 aliphatic carbocycles. The second-order valence-corrected chi connectivity index (χ2v) is 5.92. The fourth-order valence-corrected chi connectivity index (χ4v) is 2.60. The molecule has 0 aliphatic rings. The summed E-state index contributed by atoms with van der Waals surface area (Å²) in [6.45, 7) is -0.441. The maximum atomic E-state index is 13.5. The first kappa shape index (κ1) is 19.0. The second-order valence-electron chi connectivity index (χ2n) is 5.92. The van der Waals surface area contributed by atoms with Gasteiger partial charge in [0.1, 0.15) is 5.82 Å². The Morgan fingerprint density at radius 3 is 2.36 bits per heavy atom. The van der Waals surface area contributed by atoms with Gasteiger partial charge >= 0.3 is 5.97 Å². The summed E-state index contributed by atoms with van der Waals surface area (Å²) in [7, 11) is 0. The maximum Gasteiger partial charge on any atom is 0.331 e. The number of ether oxygens (including phenoxy) is 1. The van der Waals surface area contributed by atoms with Crippen LogP contribution in [0.15, 0.2) is 84.9 Å². The van der Waals surface area contributed by atoms with Crippen molar-refractivity contribution in [2.75, 3.05) is 11.9 Å². The van der Waals surface area contributed by atoms with Crippen molar-refractivity contribution < 1.29 is 18.7 Å². The van der Waals surface area contributed by atoms with E-state index < -0.39 is 24.3 Å². The van der Waals surface area contributed by atoms with Gasteiger partial charge in [-0.1, -0.05) is 66.7 Å². The summed E-state index contributed by atoms with van der Waals surface area (Å²) in [4.78, 5) is 23.9. The average molecular weight is 375 g/mol. The minimum atomic E-state index is -0.727. The molecule has 28 heavy (non-hydrogen) atoms. The molecule has 0 radical (unpaired) electrons. The Hall–Kier alpha value is -3.73. The number of amides is 1. The van der Waals surface area contributed by atoms with Gasteiger partial charge in [0.15, 0.2) is 6.61 Å². The van der Waals surface area contributed by atoms with Crippen molar-refractivity contribution in [2.45, 2.75) is 0 Å². The summed E-state index contributed by atoms with van der Waals surface area (Å²) in [5.74, 6) is -1.63. The van der Waals surface area contributed by atoms with Crippen molar-refractivity contribution in [1.29, 1.82) is 0 Å². The number of carbonyl (C=O) groups is 2. The molecule has 0 fully saturated rings. The van der Waals surface area contributed by atoms with Crippen LogP contribution >= 0.6 is 0 Å². The van der Waals surface area contributed by atoms with E-state index in [4.69, 9.17) is 4.74 Å². The molecule has 0 unspecified atom stereocenters. The summed E-state index contributed by atoms with van der Waals surface area (Å²) in [6.07, 6.45) is 2.39. The molecule has 1 amide bonds. The van der Waals surface area contributed by atoms with Crippen molar-refractivity contribution in [1.82, 2.24) is 0 Å². The normalized spacial score (nSPS) is 10.6. The standard InChI is InChI=1S/C23H18FNO3/c24-20-12-6-4-10-18(20)14-15-23(27)28-16-22(26)25-21-13-7-5-11-19(21)17-8-2-1-3-9-17/h1-15H,16H2,(H,25,26)/b15-14+. The number of nitrogens with one attached hydrogen (secondary N) is 1. The lowest BCUT2D eigenvalue weighted by atomic mass is 10.0. The van der Waals surface area contributed by atoms with Crippen LogP contribution in [0.3, 0.4) is 0 Å². The van der Waals surface area contributed by atoms with E-state index in [0.29, 0.717) is 5.69 Å². The van der Waals surface area contributed by atoms with Crippen LogP contribution in [0, 0.1) is 5.82 Å². The highest BCUT2D eigenvalue weighted by molar-refractivity contribution is 5.97. The smallest absolute Gasteiger partial charge is 0.331 e. The molecule has 3 aromatic rings. The SMILES string of the molecule is O=C(COC(=O)/C=C/c1ccccc1F)Nc1ccccc1-c1ccccc1. The van der Waals surface area contributed by atoms with Crippen molar-refractivity contribution in [3.05, 3.63) is 96.3 Å². The Morgan fingerprint density at radius 1 is 0.893 bits per heavy atom. The van der Waals surface area contributed by atoms with Gasteiger partial charge < -0.3 is 10.1 Å². The summed E-state index contributed by atoms with van der Waals surface area (Å²) < 4.78 is 18.4. The van der Waals surface area contributed by atoms with Gasteiger partial charge in [-0.3, -0.25) is 4.79 Å². The van der Waals surface area contributed by atoms with E-state index in [9.17, 15) is 14.0 Å². The largest absolute Gasteiger partial charge is 0.452 e. The van der Waals surface area contributed by atoms with Crippen LogP contribution in [0.5, 0.6) is 0 Å². The zero-order valence-corrected chi connectivity index (χ0v) is 15.0. The van der Waals surface area contributed by atoms with Gasteiger partial charge in [0.2, 0.25) is 0 Å². The third-order valence-corrected chi connectivity index (χ3v) is 3.94. The van der Waals surface area contributed by atoms with Crippen LogP contribution in [-0.2, 0) is 14.3 Å². The lowest BCUT2D eigenvalue weighted by Gasteiger charge is -2.11. The Bertz CT molecular complexity index is 999. The fraction of sp³-hybridized carbons (Fsp3) is 0.0435. The van der Waals surface area contributed by atoms with Crippen LogP contribution in [0.1, 0.15) is 5.56 Å². The monoisotopic (exact) mass is 375 g/mol. The van der Waals surface area contributed by atoms with Crippen molar-refractivity contribution in [3.8, 4) is 11.1 Å². The number of hydrogen-bond acceptors (Lipinski definition) is 3. The molecule has 0 saturated carbocycles. The van der Waals surface area contributed by atoms with Crippen molar-refractivity contribution in [3.63, 3.8) is 0 Å². The minimum Gasteiger partial charge on any atom is -0.452 e. The van der Waals surface area contributed by atoms with Gasteiger partial charge in [-0.2, -0.15) is 0 Å². The Balaban J connectivity index is 1.58. The van der Waals surface area contributed by atoms with Gasteiger partial charge in [0, 0.05) is 22.9 Å². The van der Waals surface area contributed by atoms with E-state index in [0.717, 1.165) is 17.2 Å². The van der Waals surface area contributed by atoms with Gasteiger partial charge in [-0.25, -0.2) is 9.18 Å². The highest BCUT2D eigenvalue weighted by atomic mass is 19.1. The summed E-state index contributed by atoms with van der Waals surface area (Å²) in [5.41, 5.74) is 2.71. The summed E-state index contributed by atoms with van der Waals surface area (Å²) in [5, 5.41) is 2.75. The number of esters is 1. The van der Waals surface area contributed by atoms with Gasteiger partial charge in [0.25, 0.3) is 5.91 Å². The Kier molecular flexibility index (Phi) is 6.31. The van der Waals surface area contributed by atoms with E-state index >= 15 is 0 Å². The predicted octanol–water partition coefficient (Wildman–Crippen LogP) is 4.69. The van der Waals surface area contributed by atoms with Crippen molar-refractivity contribution >= 4 is 23.6 Å². The molecule has 1 N–H and O–H groups in total. The molecule has 5 heteroatoms. The van der Waals surface area contributed by atoms with Crippen molar-refractivity contribution in [2.24, 2.45) is 0 Å². The van der Waals surface area contributed by atoms with Crippen LogP contribution in [0.4, 0.5) is 10.1 Å². The predicted molar refractivity (Wildman–Crippen MR) is 107 cm³/mol. The first-order valence-corrected chi connectivity index (χ1v) is 8.67. The van der Waals surface area contributed by atoms with Crippen LogP contribution in [0.2, 0.25) is 0 Å². The number of carbonyl (C=O) groups excluding carboxylic acids is 2. The van der Waals surface area contributed by atoms with Crippen LogP contribution in [-0.4, -0.2) is 18.5 Å². The van der Waals surface area contributed by atoms with E-state index in [1.165, 1.54) is 18.2 Å². The molecule has 0 atom stereocenters. The fourth-order valence-electron chi connectivity index (χ4n) is 2.60. The zero-order chi connectivity index (χ0) is 19.8. The van der Waals surface area contributed by atoms with Crippen LogP contribution < -0.4 is 5.32 Å². The molecule has 3 aromatic carbocycles. The highest BCUT2D eigenvalue weighted by Gasteiger charge is 2.10. The second kappa shape index (κ2) is 9.28. The first-order valence-electron chi connectivity index (χ1n) is 8.67. The van der Waals surface area contributed by atoms with Gasteiger partial charge in [-0.15, -0.1) is 0 Å². The minimum absolute atomic E-state index is 0.265. The molecule has 0 aromatic heterocycles. The summed E-state index contributed by atoms with van der Waals surface area (Å²) >= 11 is 0. The third-order valence-electron chi connectivity index (χ3n) is 3.94. The van der Waals surface area contributed by atoms with Crippen LogP contribution in [0.25, 0.3) is 17.2 Å². The molecular formula is C23H18FNO3. The Morgan fingerprint density at radius 2 is 1.57 bits per heavy atom. The highest BCUT2D eigenvalue weighted by Crippen LogP contribution is 2.27. The van der Waals surface area contributed by atoms with E-state index in [2.05, 4.69) is 5.32 Å². The van der Waals surface area contributed by atoms with E-state index in [-0.39, 0.29) is 5.56 Å². The molecule has 0 saturated heterocycles. The summed E-state index contributed by atoms with van der Waals surface area (Å²) in [6, 6.07) is 23.0. The van der Waals surface area contributed by atoms with Gasteiger partial charge in [-0.05, 0) is 23.8 Å². The van der Waals surface area contributed by atoms with E-state index in [1.54, 1.807) is 18.2 Å². The maximum absolute atomic E-state index is 13.5. The third kappa shape index (κ3) is 5.14. The number of hydrogen-bond donors (Lipinski definition) is 1. The molecule has 140 valence electrons.